The molecule has 2 heterocycles. The molecular formula is C10H11Cl2NOS. The molecule has 0 bridgehead atoms. The maximum atomic E-state index is 12.0. The summed E-state index contributed by atoms with van der Waals surface area (Å²) in [6.07, 6.45) is 3.41. The Morgan fingerprint density at radius 3 is 2.47 bits per heavy atom. The Kier molecular flexibility index (Phi) is 3.54. The van der Waals surface area contributed by atoms with Gasteiger partial charge < -0.3 is 4.90 Å². The van der Waals surface area contributed by atoms with E-state index in [0.717, 1.165) is 25.9 Å². The number of carbonyl (C=O) groups is 1. The molecule has 5 heteroatoms. The predicted molar refractivity (Wildman–Crippen MR) is 64.1 cm³/mol. The van der Waals surface area contributed by atoms with E-state index in [1.807, 2.05) is 4.90 Å². The Bertz CT molecular complexity index is 352. The van der Waals surface area contributed by atoms with Crippen LogP contribution in [0.4, 0.5) is 0 Å². The second-order valence-electron chi connectivity index (χ2n) is 3.59. The van der Waals surface area contributed by atoms with Crippen molar-refractivity contribution in [3.8, 4) is 0 Å². The molecule has 0 radical (unpaired) electrons. The van der Waals surface area contributed by atoms with E-state index in [-0.39, 0.29) is 5.91 Å². The highest BCUT2D eigenvalue weighted by molar-refractivity contribution is 7.18. The standard InChI is InChI=1S/C10H11Cl2NOS/c11-7-6-8(15-9(7)12)10(14)13-4-2-1-3-5-13/h6H,1-5H2. The summed E-state index contributed by atoms with van der Waals surface area (Å²) in [6, 6.07) is 1.66. The van der Waals surface area contributed by atoms with Crippen LogP contribution in [0.25, 0.3) is 0 Å². The van der Waals surface area contributed by atoms with Gasteiger partial charge in [-0.05, 0) is 25.3 Å². The number of piperidine rings is 1. The number of halogens is 2. The van der Waals surface area contributed by atoms with Crippen LogP contribution in [0.5, 0.6) is 0 Å². The molecule has 0 aliphatic carbocycles. The summed E-state index contributed by atoms with van der Waals surface area (Å²) in [5, 5.41) is 0.474. The van der Waals surface area contributed by atoms with E-state index in [9.17, 15) is 4.79 Å². The summed E-state index contributed by atoms with van der Waals surface area (Å²) in [7, 11) is 0. The molecule has 0 atom stereocenters. The third-order valence-electron chi connectivity index (χ3n) is 2.50. The lowest BCUT2D eigenvalue weighted by molar-refractivity contribution is 0.0729. The minimum absolute atomic E-state index is 0.0634. The van der Waals surface area contributed by atoms with Gasteiger partial charge in [0.05, 0.1) is 9.90 Å². The molecule has 0 saturated carbocycles. The number of likely N-dealkylation sites (tertiary alicyclic amines) is 1. The first-order valence-corrected chi connectivity index (χ1v) is 6.50. The number of hydrogen-bond donors (Lipinski definition) is 0. The molecule has 0 spiro atoms. The van der Waals surface area contributed by atoms with Gasteiger partial charge in [0, 0.05) is 13.1 Å². The molecule has 82 valence electrons. The monoisotopic (exact) mass is 263 g/mol. The van der Waals surface area contributed by atoms with Crippen molar-refractivity contribution in [2.45, 2.75) is 19.3 Å². The van der Waals surface area contributed by atoms with Crippen LogP contribution in [0.2, 0.25) is 9.36 Å². The number of thiophene rings is 1. The van der Waals surface area contributed by atoms with Gasteiger partial charge in [0.1, 0.15) is 4.34 Å². The van der Waals surface area contributed by atoms with E-state index in [1.165, 1.54) is 17.8 Å². The quantitative estimate of drug-likeness (QED) is 0.757. The molecule has 0 N–H and O–H groups in total. The smallest absolute Gasteiger partial charge is 0.264 e. The van der Waals surface area contributed by atoms with Gasteiger partial charge >= 0.3 is 0 Å². The fraction of sp³-hybridized carbons (Fsp3) is 0.500. The van der Waals surface area contributed by atoms with E-state index in [1.54, 1.807) is 6.07 Å². The second-order valence-corrected chi connectivity index (χ2v) is 5.65. The first-order chi connectivity index (χ1) is 7.18. The summed E-state index contributed by atoms with van der Waals surface area (Å²) in [6.45, 7) is 1.71. The summed E-state index contributed by atoms with van der Waals surface area (Å²) >= 11 is 12.9. The predicted octanol–water partition coefficient (Wildman–Crippen LogP) is 3.68. The van der Waals surface area contributed by atoms with Gasteiger partial charge in [-0.25, -0.2) is 0 Å². The number of carbonyl (C=O) groups excluding carboxylic acids is 1. The van der Waals surface area contributed by atoms with Gasteiger partial charge in [-0.1, -0.05) is 23.2 Å². The lowest BCUT2D eigenvalue weighted by Gasteiger charge is -2.26. The number of rotatable bonds is 1. The van der Waals surface area contributed by atoms with Gasteiger partial charge in [0.15, 0.2) is 0 Å². The van der Waals surface area contributed by atoms with E-state index in [4.69, 9.17) is 23.2 Å². The fourth-order valence-electron chi connectivity index (χ4n) is 1.70. The normalized spacial score (nSPS) is 16.8. The van der Waals surface area contributed by atoms with Crippen LogP contribution < -0.4 is 0 Å². The van der Waals surface area contributed by atoms with E-state index in [2.05, 4.69) is 0 Å². The highest BCUT2D eigenvalue weighted by Crippen LogP contribution is 2.32. The molecule has 1 aromatic heterocycles. The molecule has 1 saturated heterocycles. The Hall–Kier alpha value is -0.250. The summed E-state index contributed by atoms with van der Waals surface area (Å²) in [4.78, 5) is 14.5. The highest BCUT2D eigenvalue weighted by Gasteiger charge is 2.20. The average Bonchev–Trinajstić information content (AvgIpc) is 2.59. The number of hydrogen-bond acceptors (Lipinski definition) is 2. The van der Waals surface area contributed by atoms with Crippen LogP contribution in [0.15, 0.2) is 6.07 Å². The summed E-state index contributed by atoms with van der Waals surface area (Å²) < 4.78 is 0.497. The van der Waals surface area contributed by atoms with Crippen LogP contribution in [0.3, 0.4) is 0 Å². The first-order valence-electron chi connectivity index (χ1n) is 4.92. The maximum absolute atomic E-state index is 12.0. The minimum Gasteiger partial charge on any atom is -0.338 e. The molecule has 0 unspecified atom stereocenters. The fourth-order valence-corrected chi connectivity index (χ4v) is 3.04. The lowest BCUT2D eigenvalue weighted by Crippen LogP contribution is -2.35. The molecular weight excluding hydrogens is 253 g/mol. The van der Waals surface area contributed by atoms with Crippen molar-refractivity contribution in [2.75, 3.05) is 13.1 Å². The third kappa shape index (κ3) is 2.47. The van der Waals surface area contributed by atoms with Crippen molar-refractivity contribution in [1.29, 1.82) is 0 Å². The molecule has 1 fully saturated rings. The number of amides is 1. The van der Waals surface area contributed by atoms with Crippen LogP contribution in [-0.2, 0) is 0 Å². The second kappa shape index (κ2) is 4.73. The van der Waals surface area contributed by atoms with Crippen molar-refractivity contribution in [2.24, 2.45) is 0 Å². The van der Waals surface area contributed by atoms with E-state index in [0.29, 0.717) is 14.2 Å². The van der Waals surface area contributed by atoms with Crippen molar-refractivity contribution in [1.82, 2.24) is 4.90 Å². The SMILES string of the molecule is O=C(c1cc(Cl)c(Cl)s1)N1CCCCC1. The molecule has 1 aliphatic rings. The molecule has 2 nitrogen and oxygen atoms in total. The largest absolute Gasteiger partial charge is 0.338 e. The Balaban J connectivity index is 2.12. The zero-order chi connectivity index (χ0) is 10.8. The Morgan fingerprint density at radius 2 is 1.93 bits per heavy atom. The van der Waals surface area contributed by atoms with Crippen LogP contribution in [0.1, 0.15) is 28.9 Å². The van der Waals surface area contributed by atoms with Gasteiger partial charge in [-0.3, -0.25) is 4.79 Å². The van der Waals surface area contributed by atoms with Crippen LogP contribution >= 0.6 is 34.5 Å². The van der Waals surface area contributed by atoms with Gasteiger partial charge in [0.2, 0.25) is 0 Å². The van der Waals surface area contributed by atoms with Crippen LogP contribution in [-0.4, -0.2) is 23.9 Å². The van der Waals surface area contributed by atoms with Gasteiger partial charge in [-0.15, -0.1) is 11.3 Å². The molecule has 1 aliphatic heterocycles. The van der Waals surface area contributed by atoms with Gasteiger partial charge in [0.25, 0.3) is 5.91 Å². The van der Waals surface area contributed by atoms with E-state index < -0.39 is 0 Å². The first kappa shape index (κ1) is 11.2. The lowest BCUT2D eigenvalue weighted by atomic mass is 10.1. The van der Waals surface area contributed by atoms with Crippen molar-refractivity contribution < 1.29 is 4.79 Å². The Morgan fingerprint density at radius 1 is 1.27 bits per heavy atom. The Labute approximate surface area is 103 Å². The molecule has 2 rings (SSSR count). The van der Waals surface area contributed by atoms with Crippen molar-refractivity contribution >= 4 is 40.4 Å². The van der Waals surface area contributed by atoms with Crippen molar-refractivity contribution in [3.63, 3.8) is 0 Å². The van der Waals surface area contributed by atoms with E-state index >= 15 is 0 Å². The maximum Gasteiger partial charge on any atom is 0.264 e. The summed E-state index contributed by atoms with van der Waals surface area (Å²) in [5.74, 6) is 0.0634. The molecule has 0 aromatic carbocycles. The average molecular weight is 264 g/mol. The minimum atomic E-state index is 0.0634. The zero-order valence-electron chi connectivity index (χ0n) is 8.13. The summed E-state index contributed by atoms with van der Waals surface area (Å²) in [5.41, 5.74) is 0. The van der Waals surface area contributed by atoms with Gasteiger partial charge in [-0.2, -0.15) is 0 Å². The highest BCUT2D eigenvalue weighted by atomic mass is 35.5. The van der Waals surface area contributed by atoms with Crippen molar-refractivity contribution in [3.05, 3.63) is 20.3 Å². The van der Waals surface area contributed by atoms with Crippen LogP contribution in [0, 0.1) is 0 Å². The number of nitrogens with zero attached hydrogens (tertiary/aromatic N) is 1. The molecule has 15 heavy (non-hydrogen) atoms. The molecule has 1 aromatic rings. The third-order valence-corrected chi connectivity index (χ3v) is 4.35. The topological polar surface area (TPSA) is 20.3 Å². The molecule has 1 amide bonds. The zero-order valence-corrected chi connectivity index (χ0v) is 10.5.